The van der Waals surface area contributed by atoms with E-state index in [4.69, 9.17) is 0 Å². The summed E-state index contributed by atoms with van der Waals surface area (Å²) >= 11 is 1.58. The van der Waals surface area contributed by atoms with Crippen molar-refractivity contribution in [1.29, 1.82) is 0 Å². The fraction of sp³-hybridized carbons (Fsp3) is 0.0476. The van der Waals surface area contributed by atoms with Gasteiger partial charge in [-0.25, -0.2) is 4.98 Å². The lowest BCUT2D eigenvalue weighted by Gasteiger charge is -2.08. The van der Waals surface area contributed by atoms with Gasteiger partial charge in [0.2, 0.25) is 0 Å². The van der Waals surface area contributed by atoms with Crippen LogP contribution in [0.2, 0.25) is 0 Å². The van der Waals surface area contributed by atoms with Gasteiger partial charge < -0.3 is 10.2 Å². The van der Waals surface area contributed by atoms with Crippen LogP contribution in [0, 0.1) is 5.21 Å². The highest BCUT2D eigenvalue weighted by Crippen LogP contribution is 2.23. The second-order valence-corrected chi connectivity index (χ2v) is 7.36. The predicted molar refractivity (Wildman–Crippen MR) is 112 cm³/mol. The lowest BCUT2D eigenvalue weighted by molar-refractivity contribution is -0.605. The summed E-state index contributed by atoms with van der Waals surface area (Å²) < 4.78 is 0.573. The van der Waals surface area contributed by atoms with Crippen molar-refractivity contribution in [3.63, 3.8) is 0 Å². The number of aromatic nitrogens is 3. The van der Waals surface area contributed by atoms with Gasteiger partial charge in [0.1, 0.15) is 0 Å². The van der Waals surface area contributed by atoms with Crippen LogP contribution in [0.25, 0.3) is 11.0 Å². The number of carbonyl (C=O) groups is 2. The standard InChI is InChI=1S/C21H17N5O3S/c27-19(24-25-20(28)16-9-11-26(29)12-10-16)15-7-5-14(6-8-15)13-30-21-22-17-3-1-2-4-18(17)23-21/h1-12H,13H2,(H,22,23)(H,24,27)(H,25,28). The van der Waals surface area contributed by atoms with Crippen molar-refractivity contribution in [2.75, 3.05) is 0 Å². The Balaban J connectivity index is 1.30. The number of pyridine rings is 1. The van der Waals surface area contributed by atoms with Crippen molar-refractivity contribution in [3.05, 3.63) is 95.0 Å². The first-order valence-corrected chi connectivity index (χ1v) is 10.0. The van der Waals surface area contributed by atoms with Crippen LogP contribution in [0.5, 0.6) is 0 Å². The number of nitrogens with zero attached hydrogens (tertiary/aromatic N) is 2. The lowest BCUT2D eigenvalue weighted by atomic mass is 10.1. The minimum atomic E-state index is -0.511. The molecule has 0 spiro atoms. The molecule has 0 saturated carbocycles. The second-order valence-electron chi connectivity index (χ2n) is 6.40. The maximum absolute atomic E-state index is 12.2. The van der Waals surface area contributed by atoms with Crippen LogP contribution >= 0.6 is 11.8 Å². The fourth-order valence-corrected chi connectivity index (χ4v) is 3.56. The van der Waals surface area contributed by atoms with Gasteiger partial charge in [-0.1, -0.05) is 36.0 Å². The van der Waals surface area contributed by atoms with Gasteiger partial charge in [-0.15, -0.1) is 0 Å². The van der Waals surface area contributed by atoms with E-state index >= 15 is 0 Å². The fourth-order valence-electron chi connectivity index (χ4n) is 2.72. The molecule has 8 nitrogen and oxygen atoms in total. The largest absolute Gasteiger partial charge is 0.619 e. The van der Waals surface area contributed by atoms with E-state index in [0.717, 1.165) is 21.8 Å². The van der Waals surface area contributed by atoms with Gasteiger partial charge in [0.15, 0.2) is 17.6 Å². The quantitative estimate of drug-likeness (QED) is 0.199. The number of amides is 2. The molecule has 9 heteroatoms. The number of hydrogen-bond donors (Lipinski definition) is 3. The van der Waals surface area contributed by atoms with E-state index in [0.29, 0.717) is 16.0 Å². The molecule has 2 aromatic carbocycles. The van der Waals surface area contributed by atoms with Gasteiger partial charge in [0.25, 0.3) is 11.8 Å². The van der Waals surface area contributed by atoms with Crippen molar-refractivity contribution in [1.82, 2.24) is 20.8 Å². The van der Waals surface area contributed by atoms with Crippen LogP contribution in [0.4, 0.5) is 0 Å². The molecular formula is C21H17N5O3S. The van der Waals surface area contributed by atoms with Gasteiger partial charge in [-0.3, -0.25) is 20.4 Å². The Morgan fingerprint density at radius 3 is 2.23 bits per heavy atom. The van der Waals surface area contributed by atoms with Gasteiger partial charge in [0.05, 0.1) is 16.6 Å². The molecule has 0 atom stereocenters. The van der Waals surface area contributed by atoms with E-state index in [-0.39, 0.29) is 5.56 Å². The van der Waals surface area contributed by atoms with Crippen molar-refractivity contribution >= 4 is 34.6 Å². The Bertz CT molecular complexity index is 1160. The normalized spacial score (nSPS) is 10.7. The zero-order valence-corrected chi connectivity index (χ0v) is 16.5. The number of imidazole rings is 1. The summed E-state index contributed by atoms with van der Waals surface area (Å²) in [6, 6.07) is 17.7. The van der Waals surface area contributed by atoms with Gasteiger partial charge in [-0.2, -0.15) is 4.73 Å². The number of hydrazine groups is 1. The third-order valence-electron chi connectivity index (χ3n) is 4.31. The predicted octanol–water partition coefficient (Wildman–Crippen LogP) is 2.56. The number of rotatable bonds is 5. The summed E-state index contributed by atoms with van der Waals surface area (Å²) in [4.78, 5) is 32.0. The van der Waals surface area contributed by atoms with Crippen molar-refractivity contribution in [2.45, 2.75) is 10.9 Å². The summed E-state index contributed by atoms with van der Waals surface area (Å²) in [6.07, 6.45) is 2.41. The molecule has 4 rings (SSSR count). The van der Waals surface area contributed by atoms with Crippen molar-refractivity contribution in [2.24, 2.45) is 0 Å². The molecule has 0 fully saturated rings. The molecule has 3 N–H and O–H groups in total. The van der Waals surface area contributed by atoms with E-state index in [2.05, 4.69) is 20.8 Å². The third kappa shape index (κ3) is 4.58. The summed E-state index contributed by atoms with van der Waals surface area (Å²) in [5.41, 5.74) is 8.33. The number of thioether (sulfide) groups is 1. The maximum atomic E-state index is 12.2. The van der Waals surface area contributed by atoms with Crippen molar-refractivity contribution in [3.8, 4) is 0 Å². The van der Waals surface area contributed by atoms with Gasteiger partial charge in [-0.05, 0) is 29.8 Å². The van der Waals surface area contributed by atoms with Crippen LogP contribution in [0.1, 0.15) is 26.3 Å². The highest BCUT2D eigenvalue weighted by molar-refractivity contribution is 7.98. The molecule has 0 aliphatic rings. The first kappa shape index (κ1) is 19.5. The molecule has 150 valence electrons. The molecule has 2 amide bonds. The van der Waals surface area contributed by atoms with Crippen LogP contribution < -0.4 is 15.6 Å². The molecular weight excluding hydrogens is 402 g/mol. The van der Waals surface area contributed by atoms with Gasteiger partial charge in [0, 0.05) is 23.4 Å². The number of para-hydroxylation sites is 2. The topological polar surface area (TPSA) is 114 Å². The number of benzene rings is 2. The van der Waals surface area contributed by atoms with E-state index in [1.165, 1.54) is 24.5 Å². The SMILES string of the molecule is O=C(NNC(=O)c1cc[n+]([O-])cc1)c1ccc(CSc2nc3ccccc3[nH]2)cc1. The molecule has 2 heterocycles. The Morgan fingerprint density at radius 2 is 1.57 bits per heavy atom. The summed E-state index contributed by atoms with van der Waals surface area (Å²) in [5.74, 6) is -0.246. The maximum Gasteiger partial charge on any atom is 0.270 e. The minimum Gasteiger partial charge on any atom is -0.619 e. The molecule has 0 bridgehead atoms. The molecule has 30 heavy (non-hydrogen) atoms. The highest BCUT2D eigenvalue weighted by Gasteiger charge is 2.10. The molecule has 4 aromatic rings. The molecule has 2 aromatic heterocycles. The molecule has 0 unspecified atom stereocenters. The Hall–Kier alpha value is -3.85. The van der Waals surface area contributed by atoms with E-state index in [1.807, 2.05) is 36.4 Å². The summed E-state index contributed by atoms with van der Waals surface area (Å²) in [7, 11) is 0. The van der Waals surface area contributed by atoms with Crippen LogP contribution in [-0.2, 0) is 5.75 Å². The van der Waals surface area contributed by atoms with Crippen LogP contribution in [0.15, 0.2) is 78.2 Å². The molecule has 0 radical (unpaired) electrons. The average Bonchev–Trinajstić information content (AvgIpc) is 3.20. The summed E-state index contributed by atoms with van der Waals surface area (Å²) in [6.45, 7) is 0. The van der Waals surface area contributed by atoms with Crippen LogP contribution in [-0.4, -0.2) is 21.8 Å². The van der Waals surface area contributed by atoms with Gasteiger partial charge >= 0.3 is 0 Å². The van der Waals surface area contributed by atoms with E-state index in [9.17, 15) is 14.8 Å². The smallest absolute Gasteiger partial charge is 0.270 e. The highest BCUT2D eigenvalue weighted by atomic mass is 32.2. The zero-order chi connectivity index (χ0) is 20.9. The third-order valence-corrected chi connectivity index (χ3v) is 5.26. The number of aromatic amines is 1. The van der Waals surface area contributed by atoms with E-state index in [1.54, 1.807) is 23.9 Å². The lowest BCUT2D eigenvalue weighted by Crippen LogP contribution is -2.41. The first-order chi connectivity index (χ1) is 14.6. The second kappa shape index (κ2) is 8.66. The zero-order valence-electron chi connectivity index (χ0n) is 15.7. The Kier molecular flexibility index (Phi) is 5.62. The molecule has 0 saturated heterocycles. The first-order valence-electron chi connectivity index (χ1n) is 9.04. The molecule has 0 aliphatic heterocycles. The van der Waals surface area contributed by atoms with Crippen LogP contribution in [0.3, 0.4) is 0 Å². The number of fused-ring (bicyclic) bond motifs is 1. The minimum absolute atomic E-state index is 0.264. The number of H-pyrrole nitrogens is 1. The Labute approximate surface area is 175 Å². The van der Waals surface area contributed by atoms with Crippen molar-refractivity contribution < 1.29 is 14.3 Å². The summed E-state index contributed by atoms with van der Waals surface area (Å²) in [5, 5.41) is 11.8. The number of hydrogen-bond acceptors (Lipinski definition) is 5. The monoisotopic (exact) mass is 419 g/mol. The number of carbonyl (C=O) groups excluding carboxylic acids is 2. The Morgan fingerprint density at radius 1 is 0.933 bits per heavy atom. The number of nitrogens with one attached hydrogen (secondary N) is 3. The average molecular weight is 419 g/mol. The van der Waals surface area contributed by atoms with E-state index < -0.39 is 11.8 Å². The molecule has 0 aliphatic carbocycles.